The summed E-state index contributed by atoms with van der Waals surface area (Å²) in [4.78, 5) is 16.1. The molecular formula is C16H18N2O2. The lowest BCUT2D eigenvalue weighted by atomic mass is 10.0. The van der Waals surface area contributed by atoms with Crippen molar-refractivity contribution in [2.24, 2.45) is 0 Å². The molecule has 4 nitrogen and oxygen atoms in total. The normalized spacial score (nSPS) is 13.5. The fourth-order valence-electron chi connectivity index (χ4n) is 1.92. The highest BCUT2D eigenvalue weighted by atomic mass is 16.5. The van der Waals surface area contributed by atoms with Gasteiger partial charge in [-0.2, -0.15) is 0 Å². The number of rotatable bonds is 5. The van der Waals surface area contributed by atoms with E-state index in [1.807, 2.05) is 44.3 Å². The molecule has 20 heavy (non-hydrogen) atoms. The molecule has 0 aliphatic heterocycles. The summed E-state index contributed by atoms with van der Waals surface area (Å²) in [6.07, 6.45) is 2.80. The summed E-state index contributed by atoms with van der Waals surface area (Å²) in [5.41, 5.74) is 1.42. The molecule has 1 N–H and O–H groups in total. The van der Waals surface area contributed by atoms with E-state index in [-0.39, 0.29) is 18.1 Å². The minimum Gasteiger partial charge on any atom is -0.452 e. The third-order valence-corrected chi connectivity index (χ3v) is 3.17. The molecule has 0 amide bonds. The Labute approximate surface area is 118 Å². The molecule has 0 saturated carbocycles. The van der Waals surface area contributed by atoms with E-state index in [4.69, 9.17) is 4.74 Å². The molecule has 0 aliphatic carbocycles. The van der Waals surface area contributed by atoms with Gasteiger partial charge in [0.25, 0.3) is 0 Å². The van der Waals surface area contributed by atoms with Gasteiger partial charge in [-0.15, -0.1) is 0 Å². The smallest absolute Gasteiger partial charge is 0.340 e. The highest BCUT2D eigenvalue weighted by molar-refractivity contribution is 5.89. The van der Waals surface area contributed by atoms with Crippen molar-refractivity contribution in [3.05, 3.63) is 66.0 Å². The first-order valence-corrected chi connectivity index (χ1v) is 6.55. The van der Waals surface area contributed by atoms with Crippen molar-refractivity contribution < 1.29 is 9.53 Å². The van der Waals surface area contributed by atoms with Gasteiger partial charge in [0.1, 0.15) is 6.10 Å². The van der Waals surface area contributed by atoms with Crippen LogP contribution in [0.25, 0.3) is 0 Å². The number of carbonyl (C=O) groups excluding carboxylic acids is 1. The van der Waals surface area contributed by atoms with E-state index >= 15 is 0 Å². The van der Waals surface area contributed by atoms with Crippen LogP contribution in [0.15, 0.2) is 54.9 Å². The zero-order chi connectivity index (χ0) is 14.4. The Kier molecular flexibility index (Phi) is 4.85. The van der Waals surface area contributed by atoms with Gasteiger partial charge in [0.2, 0.25) is 0 Å². The number of pyridine rings is 1. The summed E-state index contributed by atoms with van der Waals surface area (Å²) >= 11 is 0. The SMILES string of the molecule is CN[C@H](C)[C@@H](OC(=O)c1cccnc1)c1ccccc1. The van der Waals surface area contributed by atoms with Crippen LogP contribution in [0, 0.1) is 0 Å². The minimum absolute atomic E-state index is 0.0121. The van der Waals surface area contributed by atoms with E-state index < -0.39 is 0 Å². The van der Waals surface area contributed by atoms with Gasteiger partial charge in [-0.3, -0.25) is 4.98 Å². The quantitative estimate of drug-likeness (QED) is 0.848. The second-order valence-corrected chi connectivity index (χ2v) is 4.56. The molecule has 0 bridgehead atoms. The molecule has 4 heteroatoms. The standard InChI is InChI=1S/C16H18N2O2/c1-12(17-2)15(13-7-4-3-5-8-13)20-16(19)14-9-6-10-18-11-14/h3-12,15,17H,1-2H3/t12-,15-/m1/s1. The van der Waals surface area contributed by atoms with Crippen molar-refractivity contribution >= 4 is 5.97 Å². The van der Waals surface area contributed by atoms with Crippen molar-refractivity contribution in [1.29, 1.82) is 0 Å². The third-order valence-electron chi connectivity index (χ3n) is 3.17. The van der Waals surface area contributed by atoms with Crippen LogP contribution in [-0.4, -0.2) is 24.0 Å². The van der Waals surface area contributed by atoms with Gasteiger partial charge in [-0.05, 0) is 31.7 Å². The highest BCUT2D eigenvalue weighted by Gasteiger charge is 2.23. The number of aromatic nitrogens is 1. The summed E-state index contributed by atoms with van der Waals surface area (Å²) in [5.74, 6) is -0.367. The van der Waals surface area contributed by atoms with E-state index in [1.54, 1.807) is 18.3 Å². The first-order valence-electron chi connectivity index (χ1n) is 6.55. The van der Waals surface area contributed by atoms with Gasteiger partial charge in [-0.25, -0.2) is 4.79 Å². The van der Waals surface area contributed by atoms with Crippen molar-refractivity contribution in [3.63, 3.8) is 0 Å². The Morgan fingerprint density at radius 1 is 1.20 bits per heavy atom. The number of nitrogens with zero attached hydrogens (tertiary/aromatic N) is 1. The predicted octanol–water partition coefficient (Wildman–Crippen LogP) is 2.59. The van der Waals surface area contributed by atoms with Crippen LogP contribution in [0.4, 0.5) is 0 Å². The van der Waals surface area contributed by atoms with Gasteiger partial charge in [-0.1, -0.05) is 30.3 Å². The fraction of sp³-hybridized carbons (Fsp3) is 0.250. The molecule has 0 spiro atoms. The van der Waals surface area contributed by atoms with Crippen LogP contribution in [0.2, 0.25) is 0 Å². The average Bonchev–Trinajstić information content (AvgIpc) is 2.53. The van der Waals surface area contributed by atoms with E-state index in [0.717, 1.165) is 5.56 Å². The van der Waals surface area contributed by atoms with Crippen LogP contribution in [0.3, 0.4) is 0 Å². The van der Waals surface area contributed by atoms with Crippen LogP contribution >= 0.6 is 0 Å². The van der Waals surface area contributed by atoms with Gasteiger partial charge in [0.05, 0.1) is 5.56 Å². The third kappa shape index (κ3) is 3.42. The molecule has 2 atom stereocenters. The monoisotopic (exact) mass is 270 g/mol. The van der Waals surface area contributed by atoms with Crippen LogP contribution in [-0.2, 0) is 4.74 Å². The molecule has 2 rings (SSSR count). The molecule has 0 saturated heterocycles. The molecule has 1 aromatic carbocycles. The molecule has 0 fully saturated rings. The number of likely N-dealkylation sites (N-methyl/N-ethyl adjacent to an activating group) is 1. The highest BCUT2D eigenvalue weighted by Crippen LogP contribution is 2.22. The summed E-state index contributed by atoms with van der Waals surface area (Å²) in [7, 11) is 1.85. The molecule has 0 unspecified atom stereocenters. The Hall–Kier alpha value is -2.20. The average molecular weight is 270 g/mol. The number of nitrogens with one attached hydrogen (secondary N) is 1. The number of esters is 1. The zero-order valence-corrected chi connectivity index (χ0v) is 11.6. The number of ether oxygens (including phenoxy) is 1. The van der Waals surface area contributed by atoms with E-state index in [2.05, 4.69) is 10.3 Å². The summed E-state index contributed by atoms with van der Waals surface area (Å²) in [5, 5.41) is 3.13. The molecule has 104 valence electrons. The van der Waals surface area contributed by atoms with Crippen LogP contribution in [0.1, 0.15) is 28.9 Å². The summed E-state index contributed by atoms with van der Waals surface area (Å²) in [6, 6.07) is 13.1. The fourth-order valence-corrected chi connectivity index (χ4v) is 1.92. The number of hydrogen-bond acceptors (Lipinski definition) is 4. The van der Waals surface area contributed by atoms with Gasteiger partial charge >= 0.3 is 5.97 Å². The van der Waals surface area contributed by atoms with E-state index in [0.29, 0.717) is 5.56 Å². The molecule has 0 radical (unpaired) electrons. The lowest BCUT2D eigenvalue weighted by Gasteiger charge is -2.24. The van der Waals surface area contributed by atoms with Gasteiger partial charge in [0, 0.05) is 18.4 Å². The van der Waals surface area contributed by atoms with E-state index in [1.165, 1.54) is 6.20 Å². The summed E-state index contributed by atoms with van der Waals surface area (Å²) in [6.45, 7) is 1.98. The molecule has 0 aliphatic rings. The van der Waals surface area contributed by atoms with Crippen LogP contribution < -0.4 is 5.32 Å². The Morgan fingerprint density at radius 3 is 2.55 bits per heavy atom. The van der Waals surface area contributed by atoms with Gasteiger partial charge < -0.3 is 10.1 Å². The van der Waals surface area contributed by atoms with Crippen molar-refractivity contribution in [1.82, 2.24) is 10.3 Å². The second-order valence-electron chi connectivity index (χ2n) is 4.56. The molecule has 1 aromatic heterocycles. The van der Waals surface area contributed by atoms with Gasteiger partial charge in [0.15, 0.2) is 0 Å². The van der Waals surface area contributed by atoms with Crippen LogP contribution in [0.5, 0.6) is 0 Å². The minimum atomic E-state index is -0.367. The Bertz CT molecular complexity index is 543. The Morgan fingerprint density at radius 2 is 1.95 bits per heavy atom. The predicted molar refractivity (Wildman–Crippen MR) is 77.4 cm³/mol. The lowest BCUT2D eigenvalue weighted by molar-refractivity contribution is 0.0218. The number of benzene rings is 1. The zero-order valence-electron chi connectivity index (χ0n) is 11.6. The number of carbonyl (C=O) groups is 1. The van der Waals surface area contributed by atoms with E-state index in [9.17, 15) is 4.79 Å². The molecule has 1 heterocycles. The maximum Gasteiger partial charge on any atom is 0.340 e. The first-order chi connectivity index (χ1) is 9.72. The topological polar surface area (TPSA) is 51.2 Å². The first kappa shape index (κ1) is 14.2. The number of hydrogen-bond donors (Lipinski definition) is 1. The molecular weight excluding hydrogens is 252 g/mol. The molecule has 2 aromatic rings. The largest absolute Gasteiger partial charge is 0.452 e. The maximum absolute atomic E-state index is 12.2. The van der Waals surface area contributed by atoms with Crippen molar-refractivity contribution in [2.75, 3.05) is 7.05 Å². The lowest BCUT2D eigenvalue weighted by Crippen LogP contribution is -2.32. The Balaban J connectivity index is 2.19. The summed E-state index contributed by atoms with van der Waals surface area (Å²) < 4.78 is 5.63. The maximum atomic E-state index is 12.2. The van der Waals surface area contributed by atoms with Crippen molar-refractivity contribution in [3.8, 4) is 0 Å². The van der Waals surface area contributed by atoms with Crippen molar-refractivity contribution in [2.45, 2.75) is 19.1 Å². The second kappa shape index (κ2) is 6.82.